The summed E-state index contributed by atoms with van der Waals surface area (Å²) in [5.41, 5.74) is 3.13. The highest BCUT2D eigenvalue weighted by Crippen LogP contribution is 2.28. The standard InChI is InChI=1S/C22H25N3O3S/c1-29(27,28)23-19-11-13-24(14-12-19)22(26)16-25-20-10-6-5-9-18(20)15-21(25)17-7-3-2-4-8-17/h2-10,15,19,23H,11-14,16H2,1H3. The third-order valence-corrected chi connectivity index (χ3v) is 6.16. The highest BCUT2D eigenvalue weighted by molar-refractivity contribution is 7.88. The summed E-state index contributed by atoms with van der Waals surface area (Å²) in [5.74, 6) is 0.0568. The first-order valence-corrected chi connectivity index (χ1v) is 11.7. The monoisotopic (exact) mass is 411 g/mol. The van der Waals surface area contributed by atoms with E-state index in [4.69, 9.17) is 0 Å². The van der Waals surface area contributed by atoms with Crippen LogP contribution in [0.1, 0.15) is 12.8 Å². The fraction of sp³-hybridized carbons (Fsp3) is 0.318. The van der Waals surface area contributed by atoms with Crippen LogP contribution < -0.4 is 4.72 Å². The van der Waals surface area contributed by atoms with E-state index in [1.165, 1.54) is 6.26 Å². The summed E-state index contributed by atoms with van der Waals surface area (Å²) < 4.78 is 27.6. The van der Waals surface area contributed by atoms with Crippen molar-refractivity contribution in [3.05, 3.63) is 60.7 Å². The lowest BCUT2D eigenvalue weighted by Crippen LogP contribution is -2.47. The Morgan fingerprint density at radius 3 is 2.38 bits per heavy atom. The zero-order chi connectivity index (χ0) is 20.4. The van der Waals surface area contributed by atoms with Gasteiger partial charge in [-0.15, -0.1) is 0 Å². The van der Waals surface area contributed by atoms with Crippen molar-refractivity contribution in [1.29, 1.82) is 0 Å². The van der Waals surface area contributed by atoms with Crippen LogP contribution in [0.25, 0.3) is 22.2 Å². The largest absolute Gasteiger partial charge is 0.341 e. The fourth-order valence-electron chi connectivity index (χ4n) is 4.01. The Kier molecular flexibility index (Phi) is 5.43. The molecule has 0 saturated carbocycles. The van der Waals surface area contributed by atoms with Crippen LogP contribution in [-0.2, 0) is 21.4 Å². The molecule has 0 bridgehead atoms. The van der Waals surface area contributed by atoms with Crippen LogP contribution in [0.5, 0.6) is 0 Å². The van der Waals surface area contributed by atoms with E-state index < -0.39 is 10.0 Å². The van der Waals surface area contributed by atoms with Crippen molar-refractivity contribution in [3.8, 4) is 11.3 Å². The maximum absolute atomic E-state index is 13.1. The second-order valence-electron chi connectivity index (χ2n) is 7.59. The molecule has 3 aromatic rings. The van der Waals surface area contributed by atoms with Gasteiger partial charge in [0.25, 0.3) is 0 Å². The van der Waals surface area contributed by atoms with Crippen molar-refractivity contribution < 1.29 is 13.2 Å². The lowest BCUT2D eigenvalue weighted by molar-refractivity contribution is -0.132. The van der Waals surface area contributed by atoms with Crippen LogP contribution in [-0.4, -0.2) is 49.2 Å². The van der Waals surface area contributed by atoms with Gasteiger partial charge in [-0.3, -0.25) is 4.79 Å². The summed E-state index contributed by atoms with van der Waals surface area (Å²) in [6.07, 6.45) is 2.44. The van der Waals surface area contributed by atoms with Gasteiger partial charge in [0.05, 0.1) is 6.26 Å². The molecule has 1 fully saturated rings. The van der Waals surface area contributed by atoms with Gasteiger partial charge in [0.1, 0.15) is 6.54 Å². The summed E-state index contributed by atoms with van der Waals surface area (Å²) in [7, 11) is -3.22. The zero-order valence-corrected chi connectivity index (χ0v) is 17.2. The number of rotatable bonds is 5. The van der Waals surface area contributed by atoms with Crippen molar-refractivity contribution in [1.82, 2.24) is 14.2 Å². The van der Waals surface area contributed by atoms with Crippen LogP contribution in [0.3, 0.4) is 0 Å². The molecule has 2 aromatic carbocycles. The molecule has 2 heterocycles. The number of carbonyl (C=O) groups is 1. The Hall–Kier alpha value is -2.64. The second kappa shape index (κ2) is 8.00. The van der Waals surface area contributed by atoms with E-state index in [0.717, 1.165) is 22.2 Å². The number of piperidine rings is 1. The lowest BCUT2D eigenvalue weighted by Gasteiger charge is -2.32. The normalized spacial score (nSPS) is 15.7. The Labute approximate surface area is 171 Å². The predicted octanol–water partition coefficient (Wildman–Crippen LogP) is 2.85. The topological polar surface area (TPSA) is 71.4 Å². The van der Waals surface area contributed by atoms with Crippen molar-refractivity contribution >= 4 is 26.8 Å². The average molecular weight is 412 g/mol. The van der Waals surface area contributed by atoms with E-state index in [2.05, 4.69) is 33.6 Å². The quantitative estimate of drug-likeness (QED) is 0.702. The minimum atomic E-state index is -3.22. The Bertz CT molecular complexity index is 1110. The summed E-state index contributed by atoms with van der Waals surface area (Å²) >= 11 is 0. The molecule has 1 saturated heterocycles. The molecule has 0 radical (unpaired) electrons. The summed E-state index contributed by atoms with van der Waals surface area (Å²) in [6.45, 7) is 1.39. The molecule has 6 nitrogen and oxygen atoms in total. The first kappa shape index (κ1) is 19.7. The highest BCUT2D eigenvalue weighted by atomic mass is 32.2. The third-order valence-electron chi connectivity index (χ3n) is 5.40. The predicted molar refractivity (Wildman–Crippen MR) is 115 cm³/mol. The Morgan fingerprint density at radius 2 is 1.69 bits per heavy atom. The van der Waals surface area contributed by atoms with Gasteiger partial charge in [-0.05, 0) is 30.5 Å². The lowest BCUT2D eigenvalue weighted by atomic mass is 10.1. The van der Waals surface area contributed by atoms with E-state index in [0.29, 0.717) is 25.9 Å². The number of para-hydroxylation sites is 1. The first-order chi connectivity index (χ1) is 13.9. The number of hydrogen-bond acceptors (Lipinski definition) is 3. The SMILES string of the molecule is CS(=O)(=O)NC1CCN(C(=O)Cn2c(-c3ccccc3)cc3ccccc32)CC1. The van der Waals surface area contributed by atoms with Gasteiger partial charge in [0.2, 0.25) is 15.9 Å². The van der Waals surface area contributed by atoms with E-state index in [-0.39, 0.29) is 18.5 Å². The fourth-order valence-corrected chi connectivity index (χ4v) is 4.85. The number of sulfonamides is 1. The minimum Gasteiger partial charge on any atom is -0.341 e. The third kappa shape index (κ3) is 4.52. The van der Waals surface area contributed by atoms with Gasteiger partial charge >= 0.3 is 0 Å². The van der Waals surface area contributed by atoms with Crippen LogP contribution in [0.4, 0.5) is 0 Å². The van der Waals surface area contributed by atoms with Crippen molar-refractivity contribution in [3.63, 3.8) is 0 Å². The maximum Gasteiger partial charge on any atom is 0.242 e. The summed E-state index contributed by atoms with van der Waals surface area (Å²) in [6, 6.07) is 20.2. The van der Waals surface area contributed by atoms with E-state index in [1.54, 1.807) is 0 Å². The molecule has 0 spiro atoms. The summed E-state index contributed by atoms with van der Waals surface area (Å²) in [5, 5.41) is 1.11. The second-order valence-corrected chi connectivity index (χ2v) is 9.37. The molecule has 29 heavy (non-hydrogen) atoms. The molecule has 0 atom stereocenters. The van der Waals surface area contributed by atoms with E-state index in [9.17, 15) is 13.2 Å². The number of amides is 1. The van der Waals surface area contributed by atoms with Gasteiger partial charge in [0.15, 0.2) is 0 Å². The molecule has 1 aliphatic rings. The molecule has 0 aliphatic carbocycles. The van der Waals surface area contributed by atoms with Crippen molar-refractivity contribution in [2.45, 2.75) is 25.4 Å². The van der Waals surface area contributed by atoms with E-state index >= 15 is 0 Å². The molecule has 7 heteroatoms. The van der Waals surface area contributed by atoms with Gasteiger partial charge in [0, 0.05) is 35.7 Å². The molecule has 1 aromatic heterocycles. The number of benzene rings is 2. The first-order valence-electron chi connectivity index (χ1n) is 9.79. The molecule has 152 valence electrons. The van der Waals surface area contributed by atoms with Gasteiger partial charge in [-0.2, -0.15) is 0 Å². The van der Waals surface area contributed by atoms with Gasteiger partial charge < -0.3 is 9.47 Å². The molecule has 0 unspecified atom stereocenters. The number of likely N-dealkylation sites (tertiary alicyclic amines) is 1. The minimum absolute atomic E-state index is 0.0568. The smallest absolute Gasteiger partial charge is 0.242 e. The number of nitrogens with zero attached hydrogens (tertiary/aromatic N) is 2. The molecule has 1 aliphatic heterocycles. The van der Waals surface area contributed by atoms with Crippen LogP contribution >= 0.6 is 0 Å². The number of aromatic nitrogens is 1. The molecular weight excluding hydrogens is 386 g/mol. The number of carbonyl (C=O) groups excluding carboxylic acids is 1. The highest BCUT2D eigenvalue weighted by Gasteiger charge is 2.25. The molecule has 1 N–H and O–H groups in total. The van der Waals surface area contributed by atoms with Crippen molar-refractivity contribution in [2.75, 3.05) is 19.3 Å². The van der Waals surface area contributed by atoms with Crippen LogP contribution in [0.2, 0.25) is 0 Å². The molecule has 1 amide bonds. The van der Waals surface area contributed by atoms with Crippen LogP contribution in [0, 0.1) is 0 Å². The van der Waals surface area contributed by atoms with Crippen molar-refractivity contribution in [2.24, 2.45) is 0 Å². The number of hydrogen-bond donors (Lipinski definition) is 1. The summed E-state index contributed by atoms with van der Waals surface area (Å²) in [4.78, 5) is 14.9. The molecular formula is C22H25N3O3S. The van der Waals surface area contributed by atoms with E-state index in [1.807, 2.05) is 41.3 Å². The Morgan fingerprint density at radius 1 is 1.03 bits per heavy atom. The zero-order valence-electron chi connectivity index (χ0n) is 16.4. The van der Waals surface area contributed by atoms with Crippen LogP contribution in [0.15, 0.2) is 60.7 Å². The Balaban J connectivity index is 1.54. The van der Waals surface area contributed by atoms with Gasteiger partial charge in [-0.1, -0.05) is 48.5 Å². The number of nitrogens with one attached hydrogen (secondary N) is 1. The maximum atomic E-state index is 13.1. The van der Waals surface area contributed by atoms with Gasteiger partial charge in [-0.25, -0.2) is 13.1 Å². The molecule has 4 rings (SSSR count). The average Bonchev–Trinajstić information content (AvgIpc) is 3.06. The number of fused-ring (bicyclic) bond motifs is 1.